The van der Waals surface area contributed by atoms with E-state index in [1.54, 1.807) is 24.5 Å². The number of pyridine rings is 1. The summed E-state index contributed by atoms with van der Waals surface area (Å²) >= 11 is 0. The Hall–Kier alpha value is -2.78. The van der Waals surface area contributed by atoms with Gasteiger partial charge in [-0.3, -0.25) is 4.98 Å². The molecule has 1 aliphatic rings. The predicted octanol–water partition coefficient (Wildman–Crippen LogP) is 2.53. The van der Waals surface area contributed by atoms with Gasteiger partial charge < -0.3 is 9.26 Å². The number of hydrogen-bond donors (Lipinski definition) is 0. The molecule has 0 fully saturated rings. The Morgan fingerprint density at radius 2 is 2.15 bits per heavy atom. The van der Waals surface area contributed by atoms with Gasteiger partial charge in [0.05, 0.1) is 11.1 Å². The molecule has 0 radical (unpaired) electrons. The maximum absolute atomic E-state index is 13.5. The Bertz CT molecular complexity index is 1050. The molecule has 0 bridgehead atoms. The van der Waals surface area contributed by atoms with E-state index in [1.807, 2.05) is 0 Å². The summed E-state index contributed by atoms with van der Waals surface area (Å²) in [7, 11) is -3.82. The molecule has 3 aromatic rings. The fourth-order valence-electron chi connectivity index (χ4n) is 2.92. The summed E-state index contributed by atoms with van der Waals surface area (Å²) in [6, 6.07) is 8.51. The zero-order valence-corrected chi connectivity index (χ0v) is 15.0. The third-order valence-corrected chi connectivity index (χ3v) is 6.16. The molecule has 0 aliphatic carbocycles. The predicted molar refractivity (Wildman–Crippen MR) is 92.8 cm³/mol. The quantitative estimate of drug-likeness (QED) is 0.667. The van der Waals surface area contributed by atoms with Gasteiger partial charge in [-0.15, -0.1) is 0 Å². The van der Waals surface area contributed by atoms with Crippen molar-refractivity contribution in [3.8, 4) is 5.75 Å². The molecule has 0 saturated carbocycles. The van der Waals surface area contributed by atoms with E-state index in [9.17, 15) is 12.8 Å². The Morgan fingerprint density at radius 1 is 1.26 bits per heavy atom. The number of rotatable bonds is 5. The van der Waals surface area contributed by atoms with Gasteiger partial charge in [-0.05, 0) is 30.3 Å². The van der Waals surface area contributed by atoms with Crippen LogP contribution < -0.4 is 4.74 Å². The van der Waals surface area contributed by atoms with Crippen LogP contribution in [0.4, 0.5) is 4.39 Å². The van der Waals surface area contributed by atoms with Crippen molar-refractivity contribution < 1.29 is 22.1 Å². The van der Waals surface area contributed by atoms with Gasteiger partial charge in [0, 0.05) is 31.3 Å². The van der Waals surface area contributed by atoms with Gasteiger partial charge in [-0.1, -0.05) is 11.2 Å². The number of sulfonamides is 1. The van der Waals surface area contributed by atoms with E-state index in [-0.39, 0.29) is 24.6 Å². The first-order valence-corrected chi connectivity index (χ1v) is 9.73. The highest BCUT2D eigenvalue weighted by Gasteiger charge is 2.32. The van der Waals surface area contributed by atoms with Gasteiger partial charge in [-0.2, -0.15) is 4.31 Å². The Labute approximate surface area is 155 Å². The van der Waals surface area contributed by atoms with E-state index in [0.29, 0.717) is 29.2 Å². The molecule has 2 aromatic heterocycles. The molecule has 27 heavy (non-hydrogen) atoms. The van der Waals surface area contributed by atoms with Crippen LogP contribution in [-0.2, 0) is 29.6 Å². The van der Waals surface area contributed by atoms with Crippen molar-refractivity contribution in [2.75, 3.05) is 6.54 Å². The summed E-state index contributed by atoms with van der Waals surface area (Å²) in [5.41, 5.74) is 1.22. The molecule has 0 atom stereocenters. The van der Waals surface area contributed by atoms with E-state index in [2.05, 4.69) is 10.1 Å². The van der Waals surface area contributed by atoms with Crippen LogP contribution in [0.3, 0.4) is 0 Å². The van der Waals surface area contributed by atoms with Crippen LogP contribution in [0.25, 0.3) is 0 Å². The van der Waals surface area contributed by atoms with Gasteiger partial charge in [-0.25, -0.2) is 12.8 Å². The first kappa shape index (κ1) is 17.6. The second-order valence-electron chi connectivity index (χ2n) is 6.05. The lowest BCUT2D eigenvalue weighted by molar-refractivity contribution is 0.286. The smallest absolute Gasteiger partial charge is 0.243 e. The van der Waals surface area contributed by atoms with Crippen molar-refractivity contribution in [1.82, 2.24) is 14.4 Å². The molecule has 4 rings (SSSR count). The van der Waals surface area contributed by atoms with Gasteiger partial charge in [0.25, 0.3) is 0 Å². The second-order valence-corrected chi connectivity index (χ2v) is 7.99. The number of nitrogens with zero attached hydrogens (tertiary/aromatic N) is 3. The normalized spacial score (nSPS) is 14.7. The number of halogens is 1. The molecule has 9 heteroatoms. The lowest BCUT2D eigenvalue weighted by atomic mass is 10.1. The molecule has 0 unspecified atom stereocenters. The Balaban J connectivity index is 1.55. The minimum atomic E-state index is -3.82. The van der Waals surface area contributed by atoms with Crippen molar-refractivity contribution in [2.45, 2.75) is 24.5 Å². The molecule has 3 heterocycles. The minimum Gasteiger partial charge on any atom is -0.486 e. The highest BCUT2D eigenvalue weighted by Crippen LogP contribution is 2.28. The van der Waals surface area contributed by atoms with Gasteiger partial charge >= 0.3 is 0 Å². The summed E-state index contributed by atoms with van der Waals surface area (Å²) in [5.74, 6) is 0.629. The molecule has 0 amide bonds. The second kappa shape index (κ2) is 7.09. The van der Waals surface area contributed by atoms with E-state index in [1.165, 1.54) is 22.5 Å². The third kappa shape index (κ3) is 3.56. The molecular weight excluding hydrogens is 373 g/mol. The zero-order chi connectivity index (χ0) is 18.9. The van der Waals surface area contributed by atoms with Crippen LogP contribution in [0.2, 0.25) is 0 Å². The number of hydrogen-bond acceptors (Lipinski definition) is 6. The Kier molecular flexibility index (Phi) is 4.63. The summed E-state index contributed by atoms with van der Waals surface area (Å²) in [6.07, 6.45) is 3.61. The van der Waals surface area contributed by atoms with Crippen LogP contribution >= 0.6 is 0 Å². The number of benzene rings is 1. The van der Waals surface area contributed by atoms with Crippen molar-refractivity contribution in [2.24, 2.45) is 0 Å². The van der Waals surface area contributed by atoms with Gasteiger partial charge in [0.2, 0.25) is 10.0 Å². The standard InChI is InChI=1S/C18H16FN3O4S/c19-13-3-1-5-15(9-13)27(23,24)22-8-6-18-16(11-22)17(21-26-18)12-25-14-4-2-7-20-10-14/h1-5,7,9-10H,6,8,11-12H2. The van der Waals surface area contributed by atoms with Gasteiger partial charge in [0.15, 0.2) is 0 Å². The molecule has 1 aliphatic heterocycles. The van der Waals surface area contributed by atoms with Crippen LogP contribution in [0.15, 0.2) is 58.2 Å². The van der Waals surface area contributed by atoms with Crippen molar-refractivity contribution in [1.29, 1.82) is 0 Å². The fourth-order valence-corrected chi connectivity index (χ4v) is 4.36. The fraction of sp³-hybridized carbons (Fsp3) is 0.222. The lowest BCUT2D eigenvalue weighted by Gasteiger charge is -2.25. The van der Waals surface area contributed by atoms with Crippen LogP contribution in [0, 0.1) is 5.82 Å². The SMILES string of the molecule is O=S(=O)(c1cccc(F)c1)N1CCc2onc(COc3cccnc3)c2C1. The topological polar surface area (TPSA) is 85.5 Å². The van der Waals surface area contributed by atoms with Crippen LogP contribution in [0.1, 0.15) is 17.0 Å². The van der Waals surface area contributed by atoms with Crippen molar-refractivity contribution >= 4 is 10.0 Å². The Morgan fingerprint density at radius 3 is 2.93 bits per heavy atom. The van der Waals surface area contributed by atoms with E-state index >= 15 is 0 Å². The molecule has 140 valence electrons. The average molecular weight is 389 g/mol. The van der Waals surface area contributed by atoms with Crippen molar-refractivity contribution in [3.63, 3.8) is 0 Å². The summed E-state index contributed by atoms with van der Waals surface area (Å²) < 4.78 is 51.4. The zero-order valence-electron chi connectivity index (χ0n) is 14.2. The van der Waals surface area contributed by atoms with E-state index in [0.717, 1.165) is 6.07 Å². The lowest BCUT2D eigenvalue weighted by Crippen LogP contribution is -2.36. The summed E-state index contributed by atoms with van der Waals surface area (Å²) in [4.78, 5) is 3.90. The number of fused-ring (bicyclic) bond motifs is 1. The summed E-state index contributed by atoms with van der Waals surface area (Å²) in [5, 5.41) is 4.01. The number of ether oxygens (including phenoxy) is 1. The molecule has 1 aromatic carbocycles. The first-order valence-electron chi connectivity index (χ1n) is 8.29. The van der Waals surface area contributed by atoms with Gasteiger partial charge in [0.1, 0.15) is 29.6 Å². The maximum Gasteiger partial charge on any atom is 0.243 e. The molecule has 0 spiro atoms. The molecule has 0 saturated heterocycles. The molecular formula is C18H16FN3O4S. The van der Waals surface area contributed by atoms with Crippen LogP contribution in [0.5, 0.6) is 5.75 Å². The molecule has 0 N–H and O–H groups in total. The summed E-state index contributed by atoms with van der Waals surface area (Å²) in [6.45, 7) is 0.478. The monoisotopic (exact) mass is 389 g/mol. The average Bonchev–Trinajstić information content (AvgIpc) is 3.09. The third-order valence-electron chi connectivity index (χ3n) is 4.32. The van der Waals surface area contributed by atoms with E-state index in [4.69, 9.17) is 9.26 Å². The highest BCUT2D eigenvalue weighted by molar-refractivity contribution is 7.89. The van der Waals surface area contributed by atoms with Crippen LogP contribution in [-0.4, -0.2) is 29.4 Å². The number of aromatic nitrogens is 2. The highest BCUT2D eigenvalue weighted by atomic mass is 32.2. The van der Waals surface area contributed by atoms with Crippen molar-refractivity contribution in [3.05, 3.63) is 71.6 Å². The largest absolute Gasteiger partial charge is 0.486 e. The molecule has 7 nitrogen and oxygen atoms in total. The van der Waals surface area contributed by atoms with E-state index < -0.39 is 15.8 Å². The maximum atomic E-state index is 13.5. The first-order chi connectivity index (χ1) is 13.0. The minimum absolute atomic E-state index is 0.0736.